The largest absolute Gasteiger partial charge is 0.448 e. The molecular weight excluding hydrogens is 314 g/mol. The highest BCUT2D eigenvalue weighted by atomic mass is 16.6. The number of rotatable bonds is 4. The topological polar surface area (TPSA) is 49.8 Å². The first-order valence-corrected chi connectivity index (χ1v) is 8.61. The number of fused-ring (bicyclic) bond motifs is 3. The first-order valence-electron chi connectivity index (χ1n) is 8.61. The zero-order valence-electron chi connectivity index (χ0n) is 15.2. The molecule has 25 heavy (non-hydrogen) atoms. The van der Waals surface area contributed by atoms with Gasteiger partial charge in [0, 0.05) is 13.0 Å². The molecule has 0 aliphatic heterocycles. The number of hydrogen-bond donors (Lipinski definition) is 1. The fourth-order valence-electron chi connectivity index (χ4n) is 3.33. The predicted octanol–water partition coefficient (Wildman–Crippen LogP) is 4.03. The summed E-state index contributed by atoms with van der Waals surface area (Å²) in [7, 11) is 1.65. The minimum atomic E-state index is -0.986. The number of hydrogen-bond acceptors (Lipinski definition) is 3. The Kier molecular flexibility index (Phi) is 4.56. The average molecular weight is 339 g/mol. The molecule has 0 spiro atoms. The molecule has 4 nitrogen and oxygen atoms in total. The monoisotopic (exact) mass is 339 g/mol. The van der Waals surface area contributed by atoms with Crippen LogP contribution in [0.4, 0.5) is 4.79 Å². The zero-order valence-corrected chi connectivity index (χ0v) is 15.2. The van der Waals surface area contributed by atoms with E-state index in [1.165, 1.54) is 27.2 Å². The van der Waals surface area contributed by atoms with E-state index in [-0.39, 0.29) is 18.6 Å². The van der Waals surface area contributed by atoms with E-state index in [1.807, 2.05) is 24.3 Å². The Morgan fingerprint density at radius 2 is 1.60 bits per heavy atom. The third-order valence-corrected chi connectivity index (χ3v) is 5.23. The fraction of sp³-hybridized carbons (Fsp3) is 0.381. The van der Waals surface area contributed by atoms with E-state index < -0.39 is 11.7 Å². The number of carbonyl (C=O) groups is 1. The normalized spacial score (nSPS) is 14.6. The molecule has 1 aliphatic carbocycles. The molecular formula is C21H25NO3. The van der Waals surface area contributed by atoms with Gasteiger partial charge < -0.3 is 14.7 Å². The summed E-state index contributed by atoms with van der Waals surface area (Å²) < 4.78 is 5.59. The highest BCUT2D eigenvalue weighted by Gasteiger charge is 2.32. The summed E-state index contributed by atoms with van der Waals surface area (Å²) in [4.78, 5) is 13.9. The maximum absolute atomic E-state index is 12.4. The van der Waals surface area contributed by atoms with Crippen molar-refractivity contribution in [2.24, 2.45) is 0 Å². The van der Waals surface area contributed by atoms with Crippen LogP contribution in [-0.4, -0.2) is 41.4 Å². The second-order valence-electron chi connectivity index (χ2n) is 7.24. The summed E-state index contributed by atoms with van der Waals surface area (Å²) in [6.07, 6.45) is -0.420. The quantitative estimate of drug-likeness (QED) is 0.915. The Balaban J connectivity index is 1.77. The van der Waals surface area contributed by atoms with E-state index in [0.717, 1.165) is 0 Å². The molecule has 1 aliphatic rings. The van der Waals surface area contributed by atoms with Crippen molar-refractivity contribution >= 4 is 6.09 Å². The summed E-state index contributed by atoms with van der Waals surface area (Å²) in [5, 5.41) is 10.1. The van der Waals surface area contributed by atoms with Gasteiger partial charge in [0.1, 0.15) is 6.61 Å². The summed E-state index contributed by atoms with van der Waals surface area (Å²) >= 11 is 0. The number of carbonyl (C=O) groups excluding carboxylic acids is 1. The van der Waals surface area contributed by atoms with Crippen molar-refractivity contribution in [3.63, 3.8) is 0 Å². The number of aliphatic hydroxyl groups is 1. The number of benzene rings is 2. The molecule has 1 unspecified atom stereocenters. The van der Waals surface area contributed by atoms with Gasteiger partial charge in [0.25, 0.3) is 0 Å². The number of amides is 1. The van der Waals surface area contributed by atoms with Gasteiger partial charge in [-0.3, -0.25) is 0 Å². The number of ether oxygens (including phenoxy) is 1. The van der Waals surface area contributed by atoms with Crippen LogP contribution in [0, 0.1) is 0 Å². The lowest BCUT2D eigenvalue weighted by Crippen LogP contribution is -2.48. The summed E-state index contributed by atoms with van der Waals surface area (Å²) in [6, 6.07) is 16.2. The van der Waals surface area contributed by atoms with Gasteiger partial charge in [-0.05, 0) is 43.0 Å². The molecule has 2 aromatic rings. The Morgan fingerprint density at radius 1 is 1.12 bits per heavy atom. The first kappa shape index (κ1) is 17.5. The van der Waals surface area contributed by atoms with E-state index in [9.17, 15) is 9.90 Å². The van der Waals surface area contributed by atoms with E-state index in [2.05, 4.69) is 24.3 Å². The highest BCUT2D eigenvalue weighted by Crippen LogP contribution is 2.44. The minimum Gasteiger partial charge on any atom is -0.448 e. The third kappa shape index (κ3) is 3.27. The maximum Gasteiger partial charge on any atom is 0.409 e. The number of nitrogens with zero attached hydrogens (tertiary/aromatic N) is 1. The molecule has 1 N–H and O–H groups in total. The van der Waals surface area contributed by atoms with Crippen LogP contribution < -0.4 is 0 Å². The van der Waals surface area contributed by atoms with Gasteiger partial charge in [0.05, 0.1) is 11.6 Å². The van der Waals surface area contributed by atoms with E-state index in [4.69, 9.17) is 4.74 Å². The Hall–Kier alpha value is -2.33. The Morgan fingerprint density at radius 3 is 2.08 bits per heavy atom. The van der Waals surface area contributed by atoms with Gasteiger partial charge in [-0.2, -0.15) is 0 Å². The molecule has 0 radical (unpaired) electrons. The highest BCUT2D eigenvalue weighted by molar-refractivity contribution is 5.79. The molecule has 2 aromatic carbocycles. The molecule has 0 fully saturated rings. The van der Waals surface area contributed by atoms with E-state index in [0.29, 0.717) is 0 Å². The molecule has 0 aromatic heterocycles. The summed E-state index contributed by atoms with van der Waals surface area (Å²) in [6.45, 7) is 5.47. The summed E-state index contributed by atoms with van der Waals surface area (Å²) in [5.74, 6) is 0.0437. The van der Waals surface area contributed by atoms with Crippen LogP contribution in [0.2, 0.25) is 0 Å². The van der Waals surface area contributed by atoms with Crippen molar-refractivity contribution in [2.45, 2.75) is 38.3 Å². The van der Waals surface area contributed by atoms with Crippen molar-refractivity contribution < 1.29 is 14.6 Å². The Labute approximate surface area is 149 Å². The Bertz CT molecular complexity index is 733. The van der Waals surface area contributed by atoms with Crippen LogP contribution in [0.1, 0.15) is 37.8 Å². The van der Waals surface area contributed by atoms with Gasteiger partial charge in [-0.25, -0.2) is 4.79 Å². The zero-order chi connectivity index (χ0) is 18.2. The second-order valence-corrected chi connectivity index (χ2v) is 7.24. The van der Waals surface area contributed by atoms with Crippen molar-refractivity contribution in [1.29, 1.82) is 0 Å². The van der Waals surface area contributed by atoms with Crippen LogP contribution in [-0.2, 0) is 4.74 Å². The molecule has 0 bridgehead atoms. The van der Waals surface area contributed by atoms with Gasteiger partial charge in [0.15, 0.2) is 0 Å². The minimum absolute atomic E-state index is 0.0437. The SMILES string of the molecule is CC(N(C)C(=O)OCC1c2ccccc2-c2ccccc21)C(C)(C)O. The lowest BCUT2D eigenvalue weighted by molar-refractivity contribution is -0.00460. The third-order valence-electron chi connectivity index (χ3n) is 5.23. The fourth-order valence-corrected chi connectivity index (χ4v) is 3.33. The molecule has 1 amide bonds. The van der Waals surface area contributed by atoms with Crippen LogP contribution in [0.25, 0.3) is 11.1 Å². The molecule has 3 rings (SSSR count). The lowest BCUT2D eigenvalue weighted by Gasteiger charge is -2.33. The van der Waals surface area contributed by atoms with Crippen molar-refractivity contribution in [1.82, 2.24) is 4.90 Å². The van der Waals surface area contributed by atoms with Crippen LogP contribution in [0.15, 0.2) is 48.5 Å². The average Bonchev–Trinajstić information content (AvgIpc) is 2.91. The molecule has 1 atom stereocenters. The van der Waals surface area contributed by atoms with Gasteiger partial charge in [-0.15, -0.1) is 0 Å². The van der Waals surface area contributed by atoms with E-state index >= 15 is 0 Å². The molecule has 132 valence electrons. The first-order chi connectivity index (χ1) is 11.8. The van der Waals surface area contributed by atoms with Crippen LogP contribution in [0.3, 0.4) is 0 Å². The molecule has 0 heterocycles. The van der Waals surface area contributed by atoms with Gasteiger partial charge in [-0.1, -0.05) is 48.5 Å². The van der Waals surface area contributed by atoms with Crippen LogP contribution >= 0.6 is 0 Å². The molecule has 4 heteroatoms. The van der Waals surface area contributed by atoms with Crippen molar-refractivity contribution in [2.75, 3.05) is 13.7 Å². The van der Waals surface area contributed by atoms with Crippen LogP contribution in [0.5, 0.6) is 0 Å². The van der Waals surface area contributed by atoms with Crippen molar-refractivity contribution in [3.8, 4) is 11.1 Å². The van der Waals surface area contributed by atoms with E-state index in [1.54, 1.807) is 27.8 Å². The molecule has 0 saturated carbocycles. The smallest absolute Gasteiger partial charge is 0.409 e. The summed E-state index contributed by atoms with van der Waals surface area (Å²) in [5.41, 5.74) is 3.81. The van der Waals surface area contributed by atoms with Gasteiger partial charge in [0.2, 0.25) is 0 Å². The van der Waals surface area contributed by atoms with Crippen molar-refractivity contribution in [3.05, 3.63) is 59.7 Å². The number of likely N-dealkylation sites (N-methyl/N-ethyl adjacent to an activating group) is 1. The molecule has 0 saturated heterocycles. The predicted molar refractivity (Wildman–Crippen MR) is 98.6 cm³/mol. The van der Waals surface area contributed by atoms with Gasteiger partial charge >= 0.3 is 6.09 Å². The maximum atomic E-state index is 12.4. The second kappa shape index (κ2) is 6.52. The standard InChI is InChI=1S/C21H25NO3/c1-14(21(2,3)24)22(4)20(23)25-13-19-17-11-7-5-9-15(17)16-10-6-8-12-18(16)19/h5-12,14,19,24H,13H2,1-4H3. The lowest BCUT2D eigenvalue weighted by atomic mass is 9.98.